The number of quaternary nitrogens is 1. The zero-order valence-electron chi connectivity index (χ0n) is 14.4. The third-order valence-electron chi connectivity index (χ3n) is 4.55. The number of benzene rings is 1. The van der Waals surface area contributed by atoms with Crippen molar-refractivity contribution in [3.63, 3.8) is 0 Å². The molecule has 7 heteroatoms. The highest BCUT2D eigenvalue weighted by molar-refractivity contribution is 6.32. The number of hydrogen-bond acceptors (Lipinski definition) is 3. The Morgan fingerprint density at radius 3 is 2.50 bits per heavy atom. The fourth-order valence-corrected chi connectivity index (χ4v) is 3.30. The molecule has 26 heavy (non-hydrogen) atoms. The number of likely N-dealkylation sites (tertiary alicyclic amines) is 1. The highest BCUT2D eigenvalue weighted by Gasteiger charge is 2.28. The van der Waals surface area contributed by atoms with Crippen molar-refractivity contribution in [2.75, 3.05) is 30.3 Å². The Kier molecular flexibility index (Phi) is 6.20. The van der Waals surface area contributed by atoms with Gasteiger partial charge in [0, 0.05) is 30.6 Å². The van der Waals surface area contributed by atoms with Crippen LogP contribution in [-0.4, -0.2) is 36.4 Å². The first-order valence-corrected chi connectivity index (χ1v) is 9.09. The van der Waals surface area contributed by atoms with Crippen molar-refractivity contribution in [2.45, 2.75) is 12.8 Å². The van der Waals surface area contributed by atoms with E-state index >= 15 is 0 Å². The lowest BCUT2D eigenvalue weighted by atomic mass is 9.96. The van der Waals surface area contributed by atoms with E-state index in [-0.39, 0.29) is 22.9 Å². The predicted molar refractivity (Wildman–Crippen MR) is 101 cm³/mol. The molecule has 2 heterocycles. The molecule has 1 aromatic carbocycles. The van der Waals surface area contributed by atoms with E-state index in [1.54, 1.807) is 18.3 Å². The molecule has 1 aliphatic heterocycles. The molecule has 0 bridgehead atoms. The molecule has 0 spiro atoms. The van der Waals surface area contributed by atoms with Crippen molar-refractivity contribution >= 4 is 34.8 Å². The lowest BCUT2D eigenvalue weighted by Crippen LogP contribution is -3.14. The molecular formula is C19H22ClN4O2+. The number of pyridine rings is 1. The quantitative estimate of drug-likeness (QED) is 0.697. The highest BCUT2D eigenvalue weighted by atomic mass is 35.5. The number of rotatable bonds is 5. The van der Waals surface area contributed by atoms with E-state index in [9.17, 15) is 9.59 Å². The van der Waals surface area contributed by atoms with Gasteiger partial charge in [0.2, 0.25) is 5.91 Å². The molecular weight excluding hydrogens is 352 g/mol. The molecule has 1 aliphatic rings. The number of halogens is 1. The molecule has 0 radical (unpaired) electrons. The third kappa shape index (κ3) is 5.03. The Bertz CT molecular complexity index is 761. The van der Waals surface area contributed by atoms with E-state index in [0.29, 0.717) is 12.2 Å². The number of amides is 2. The van der Waals surface area contributed by atoms with Crippen LogP contribution in [0.4, 0.5) is 11.4 Å². The SMILES string of the molecule is O=C(C[NH+]1CCC(C(=O)Nc2ccccc2)CC1)Nc1cccnc1Cl. The average molecular weight is 374 g/mol. The number of piperidine rings is 1. The number of hydrogen-bond donors (Lipinski definition) is 3. The second-order valence-corrected chi connectivity index (χ2v) is 6.80. The maximum absolute atomic E-state index is 12.4. The van der Waals surface area contributed by atoms with Crippen molar-refractivity contribution in [2.24, 2.45) is 5.92 Å². The van der Waals surface area contributed by atoms with Crippen molar-refractivity contribution in [1.82, 2.24) is 4.98 Å². The van der Waals surface area contributed by atoms with Crippen LogP contribution < -0.4 is 15.5 Å². The van der Waals surface area contributed by atoms with E-state index in [2.05, 4.69) is 15.6 Å². The summed E-state index contributed by atoms with van der Waals surface area (Å²) in [6, 6.07) is 12.9. The molecule has 2 amide bonds. The molecule has 3 rings (SSSR count). The summed E-state index contributed by atoms with van der Waals surface area (Å²) in [7, 11) is 0. The number of carbonyl (C=O) groups excluding carboxylic acids is 2. The number of aromatic nitrogens is 1. The van der Waals surface area contributed by atoms with Gasteiger partial charge in [-0.2, -0.15) is 0 Å². The van der Waals surface area contributed by atoms with Crippen LogP contribution in [0.1, 0.15) is 12.8 Å². The van der Waals surface area contributed by atoms with Crippen LogP contribution in [0.2, 0.25) is 5.15 Å². The van der Waals surface area contributed by atoms with Crippen LogP contribution in [0.5, 0.6) is 0 Å². The van der Waals surface area contributed by atoms with Crippen LogP contribution >= 0.6 is 11.6 Å². The molecule has 2 aromatic rings. The minimum atomic E-state index is -0.0953. The van der Waals surface area contributed by atoms with Crippen LogP contribution in [0.3, 0.4) is 0 Å². The van der Waals surface area contributed by atoms with Gasteiger partial charge >= 0.3 is 0 Å². The lowest BCUT2D eigenvalue weighted by molar-refractivity contribution is -0.897. The second kappa shape index (κ2) is 8.78. The van der Waals surface area contributed by atoms with E-state index in [1.807, 2.05) is 30.3 Å². The Hall–Kier alpha value is -2.44. The monoisotopic (exact) mass is 373 g/mol. The normalized spacial score (nSPS) is 19.6. The summed E-state index contributed by atoms with van der Waals surface area (Å²) in [4.78, 5) is 29.7. The highest BCUT2D eigenvalue weighted by Crippen LogP contribution is 2.17. The van der Waals surface area contributed by atoms with E-state index in [1.165, 1.54) is 4.90 Å². The van der Waals surface area contributed by atoms with Gasteiger partial charge in [-0.25, -0.2) is 4.98 Å². The zero-order valence-corrected chi connectivity index (χ0v) is 15.1. The topological polar surface area (TPSA) is 75.5 Å². The molecule has 0 atom stereocenters. The smallest absolute Gasteiger partial charge is 0.279 e. The lowest BCUT2D eigenvalue weighted by Gasteiger charge is -2.28. The Balaban J connectivity index is 1.44. The standard InChI is InChI=1S/C19H21ClN4O2/c20-18-16(7-4-10-21-18)23-17(25)13-24-11-8-14(9-12-24)19(26)22-15-5-2-1-3-6-15/h1-7,10,14H,8-9,11-13H2,(H,22,26)(H,23,25)/p+1. The maximum Gasteiger partial charge on any atom is 0.279 e. The summed E-state index contributed by atoms with van der Waals surface area (Å²) >= 11 is 5.95. The van der Waals surface area contributed by atoms with E-state index < -0.39 is 0 Å². The maximum atomic E-state index is 12.4. The minimum Gasteiger partial charge on any atom is -0.327 e. The van der Waals surface area contributed by atoms with Gasteiger partial charge in [0.05, 0.1) is 18.8 Å². The van der Waals surface area contributed by atoms with Crippen LogP contribution in [0.25, 0.3) is 0 Å². The fraction of sp³-hybridized carbons (Fsp3) is 0.316. The number of para-hydroxylation sites is 1. The van der Waals surface area contributed by atoms with Crippen LogP contribution in [-0.2, 0) is 9.59 Å². The second-order valence-electron chi connectivity index (χ2n) is 6.45. The Morgan fingerprint density at radius 1 is 1.08 bits per heavy atom. The van der Waals surface area contributed by atoms with Crippen molar-refractivity contribution in [1.29, 1.82) is 0 Å². The first-order valence-electron chi connectivity index (χ1n) is 8.71. The van der Waals surface area contributed by atoms with Gasteiger partial charge in [-0.3, -0.25) is 9.59 Å². The van der Waals surface area contributed by atoms with Crippen LogP contribution in [0, 0.1) is 5.92 Å². The number of nitrogens with zero attached hydrogens (tertiary/aromatic N) is 1. The van der Waals surface area contributed by atoms with Gasteiger partial charge < -0.3 is 15.5 Å². The molecule has 1 aromatic heterocycles. The summed E-state index contributed by atoms with van der Waals surface area (Å²) in [5, 5.41) is 6.03. The van der Waals surface area contributed by atoms with Gasteiger partial charge in [-0.1, -0.05) is 29.8 Å². The number of carbonyl (C=O) groups is 2. The fourth-order valence-electron chi connectivity index (χ4n) is 3.13. The first-order chi connectivity index (χ1) is 12.6. The van der Waals surface area contributed by atoms with Crippen molar-refractivity contribution in [3.8, 4) is 0 Å². The largest absolute Gasteiger partial charge is 0.327 e. The van der Waals surface area contributed by atoms with Crippen molar-refractivity contribution in [3.05, 3.63) is 53.8 Å². The molecule has 0 saturated carbocycles. The summed E-state index contributed by atoms with van der Waals surface area (Å²) in [5.41, 5.74) is 1.34. The van der Waals surface area contributed by atoms with Crippen molar-refractivity contribution < 1.29 is 14.5 Å². The summed E-state index contributed by atoms with van der Waals surface area (Å²) in [6.07, 6.45) is 3.12. The molecule has 0 unspecified atom stereocenters. The summed E-state index contributed by atoms with van der Waals surface area (Å²) < 4.78 is 0. The molecule has 136 valence electrons. The number of anilines is 2. The molecule has 1 saturated heterocycles. The van der Waals surface area contributed by atoms with Gasteiger partial charge in [0.25, 0.3) is 5.91 Å². The summed E-state index contributed by atoms with van der Waals surface area (Å²) in [5.74, 6) is -0.0429. The Labute approximate surface area is 157 Å². The van der Waals surface area contributed by atoms with E-state index in [4.69, 9.17) is 11.6 Å². The molecule has 3 N–H and O–H groups in total. The first kappa shape index (κ1) is 18.4. The number of nitrogens with one attached hydrogen (secondary N) is 3. The molecule has 6 nitrogen and oxygen atoms in total. The zero-order chi connectivity index (χ0) is 18.4. The Morgan fingerprint density at radius 2 is 1.81 bits per heavy atom. The van der Waals surface area contributed by atoms with E-state index in [0.717, 1.165) is 31.6 Å². The summed E-state index contributed by atoms with van der Waals surface area (Å²) in [6.45, 7) is 1.94. The van der Waals surface area contributed by atoms with Crippen LogP contribution in [0.15, 0.2) is 48.7 Å². The predicted octanol–water partition coefficient (Wildman–Crippen LogP) is 1.61. The van der Waals surface area contributed by atoms with Gasteiger partial charge in [0.1, 0.15) is 0 Å². The van der Waals surface area contributed by atoms with Gasteiger partial charge in [0.15, 0.2) is 11.7 Å². The molecule has 0 aliphatic carbocycles. The average Bonchev–Trinajstić information content (AvgIpc) is 2.65. The van der Waals surface area contributed by atoms with Gasteiger partial charge in [-0.05, 0) is 24.3 Å². The molecule has 1 fully saturated rings. The van der Waals surface area contributed by atoms with Gasteiger partial charge in [-0.15, -0.1) is 0 Å². The minimum absolute atomic E-state index is 0.00483. The third-order valence-corrected chi connectivity index (χ3v) is 4.85.